The van der Waals surface area contributed by atoms with Crippen molar-refractivity contribution in [1.29, 1.82) is 0 Å². The first-order valence-corrected chi connectivity index (χ1v) is 5.22. The summed E-state index contributed by atoms with van der Waals surface area (Å²) in [7, 11) is 0. The minimum absolute atomic E-state index is 0. The van der Waals surface area contributed by atoms with Crippen molar-refractivity contribution in [3.8, 4) is 0 Å². The number of carbonyl (C=O) groups excluding carboxylic acids is 1. The third kappa shape index (κ3) is 3.33. The van der Waals surface area contributed by atoms with Gasteiger partial charge in [0.1, 0.15) is 5.72 Å². The van der Waals surface area contributed by atoms with Gasteiger partial charge in [-0.1, -0.05) is 30.3 Å². The maximum atomic E-state index is 10.4. The van der Waals surface area contributed by atoms with Crippen LogP contribution in [-0.4, -0.2) is 18.5 Å². The fraction of sp³-hybridized carbons (Fsp3) is 0.417. The quantitative estimate of drug-likeness (QED) is 0.517. The number of carbonyl (C=O) groups is 1. The van der Waals surface area contributed by atoms with Crippen LogP contribution in [0.3, 0.4) is 0 Å². The molecule has 0 bridgehead atoms. The SMILES string of the molecule is CC1(C)NC(c2ccccc2)C(OC=O)O1.[H-].[Li+]. The van der Waals surface area contributed by atoms with Crippen molar-refractivity contribution in [2.45, 2.75) is 31.9 Å². The second kappa shape index (κ2) is 5.70. The van der Waals surface area contributed by atoms with E-state index in [9.17, 15) is 4.79 Å². The molecule has 2 unspecified atom stereocenters. The van der Waals surface area contributed by atoms with E-state index in [1.165, 1.54) is 0 Å². The van der Waals surface area contributed by atoms with Crippen LogP contribution in [0.25, 0.3) is 0 Å². The zero-order chi connectivity index (χ0) is 11.6. The van der Waals surface area contributed by atoms with E-state index >= 15 is 0 Å². The first-order chi connectivity index (χ1) is 7.62. The largest absolute Gasteiger partial charge is 1.00 e. The van der Waals surface area contributed by atoms with Crippen LogP contribution in [0.5, 0.6) is 0 Å². The Bertz CT molecular complexity index is 375. The third-order valence-electron chi connectivity index (χ3n) is 2.53. The van der Waals surface area contributed by atoms with E-state index in [2.05, 4.69) is 5.32 Å². The van der Waals surface area contributed by atoms with Crippen LogP contribution in [-0.2, 0) is 14.3 Å². The number of hydrogen-bond donors (Lipinski definition) is 1. The Hall–Kier alpha value is -0.793. The van der Waals surface area contributed by atoms with Crippen molar-refractivity contribution in [2.24, 2.45) is 0 Å². The van der Waals surface area contributed by atoms with Crippen LogP contribution >= 0.6 is 0 Å². The van der Waals surface area contributed by atoms with E-state index in [-0.39, 0.29) is 26.3 Å². The van der Waals surface area contributed by atoms with Crippen molar-refractivity contribution in [3.63, 3.8) is 0 Å². The van der Waals surface area contributed by atoms with Gasteiger partial charge in [0.25, 0.3) is 6.47 Å². The number of hydrogen-bond acceptors (Lipinski definition) is 4. The molecule has 0 aliphatic carbocycles. The van der Waals surface area contributed by atoms with Gasteiger partial charge in [0.05, 0.1) is 6.04 Å². The summed E-state index contributed by atoms with van der Waals surface area (Å²) in [4.78, 5) is 10.4. The van der Waals surface area contributed by atoms with E-state index in [0.717, 1.165) is 5.56 Å². The van der Waals surface area contributed by atoms with Crippen LogP contribution in [0.15, 0.2) is 30.3 Å². The number of rotatable bonds is 3. The molecule has 0 saturated carbocycles. The van der Waals surface area contributed by atoms with Crippen LogP contribution in [0.1, 0.15) is 26.9 Å². The van der Waals surface area contributed by atoms with Crippen molar-refractivity contribution in [1.82, 2.24) is 5.32 Å². The Labute approximate surface area is 114 Å². The molecule has 1 heterocycles. The molecule has 1 fully saturated rings. The van der Waals surface area contributed by atoms with Gasteiger partial charge in [-0.05, 0) is 19.4 Å². The Kier molecular flexibility index (Phi) is 4.78. The van der Waals surface area contributed by atoms with E-state index < -0.39 is 12.0 Å². The van der Waals surface area contributed by atoms with Gasteiger partial charge >= 0.3 is 18.9 Å². The molecule has 1 aliphatic heterocycles. The van der Waals surface area contributed by atoms with Crippen LogP contribution in [0, 0.1) is 0 Å². The molecular formula is C12H16LiNO3. The van der Waals surface area contributed by atoms with Gasteiger partial charge in [-0.2, -0.15) is 0 Å². The van der Waals surface area contributed by atoms with E-state index in [1.54, 1.807) is 0 Å². The first-order valence-electron chi connectivity index (χ1n) is 5.22. The molecule has 1 saturated heterocycles. The fourth-order valence-electron chi connectivity index (χ4n) is 1.90. The molecule has 1 N–H and O–H groups in total. The predicted molar refractivity (Wildman–Crippen MR) is 59.5 cm³/mol. The van der Waals surface area contributed by atoms with E-state index in [4.69, 9.17) is 9.47 Å². The number of benzene rings is 1. The molecule has 0 spiro atoms. The minimum Gasteiger partial charge on any atom is -1.00 e. The summed E-state index contributed by atoms with van der Waals surface area (Å²) in [6.45, 7) is 4.22. The molecule has 0 aromatic heterocycles. The van der Waals surface area contributed by atoms with Gasteiger partial charge in [0.2, 0.25) is 6.29 Å². The second-order valence-electron chi connectivity index (χ2n) is 4.26. The van der Waals surface area contributed by atoms with Crippen LogP contribution in [0.2, 0.25) is 0 Å². The molecule has 5 heteroatoms. The zero-order valence-electron chi connectivity index (χ0n) is 11.3. The smallest absolute Gasteiger partial charge is 1.00 e. The molecule has 0 amide bonds. The Morgan fingerprint density at radius 3 is 2.65 bits per heavy atom. The summed E-state index contributed by atoms with van der Waals surface area (Å²) < 4.78 is 10.5. The molecule has 0 radical (unpaired) electrons. The molecular weight excluding hydrogens is 213 g/mol. The monoisotopic (exact) mass is 229 g/mol. The Morgan fingerprint density at radius 2 is 2.06 bits per heavy atom. The van der Waals surface area contributed by atoms with Gasteiger partial charge in [-0.25, -0.2) is 0 Å². The Morgan fingerprint density at radius 1 is 1.41 bits per heavy atom. The number of ether oxygens (including phenoxy) is 2. The molecule has 2 atom stereocenters. The average Bonchev–Trinajstić information content (AvgIpc) is 2.56. The summed E-state index contributed by atoms with van der Waals surface area (Å²) in [5, 5.41) is 3.28. The van der Waals surface area contributed by atoms with Crippen LogP contribution < -0.4 is 24.2 Å². The van der Waals surface area contributed by atoms with Gasteiger partial charge < -0.3 is 10.9 Å². The normalized spacial score (nSPS) is 26.0. The van der Waals surface area contributed by atoms with Gasteiger partial charge in [0.15, 0.2) is 0 Å². The summed E-state index contributed by atoms with van der Waals surface area (Å²) in [5.41, 5.74) is 0.550. The van der Waals surface area contributed by atoms with E-state index in [1.807, 2.05) is 44.2 Å². The third-order valence-corrected chi connectivity index (χ3v) is 2.53. The molecule has 17 heavy (non-hydrogen) atoms. The van der Waals surface area contributed by atoms with Crippen molar-refractivity contribution < 1.29 is 34.6 Å². The summed E-state index contributed by atoms with van der Waals surface area (Å²) >= 11 is 0. The maximum Gasteiger partial charge on any atom is 1.00 e. The topological polar surface area (TPSA) is 47.6 Å². The van der Waals surface area contributed by atoms with Gasteiger partial charge in [-0.15, -0.1) is 0 Å². The fourth-order valence-corrected chi connectivity index (χ4v) is 1.90. The number of nitrogens with one attached hydrogen (secondary N) is 1. The van der Waals surface area contributed by atoms with Gasteiger partial charge in [-0.3, -0.25) is 10.1 Å². The Balaban J connectivity index is 0.00000144. The summed E-state index contributed by atoms with van der Waals surface area (Å²) in [5.74, 6) is 0. The molecule has 88 valence electrons. The van der Waals surface area contributed by atoms with Crippen molar-refractivity contribution >= 4 is 6.47 Å². The zero-order valence-corrected chi connectivity index (χ0v) is 10.3. The summed E-state index contributed by atoms with van der Waals surface area (Å²) in [6, 6.07) is 9.66. The molecule has 1 aliphatic rings. The first kappa shape index (κ1) is 14.3. The molecule has 1 aromatic carbocycles. The average molecular weight is 229 g/mol. The standard InChI is InChI=1S/C12H15NO3.Li.H/c1-12(2)13-10(11(16-12)15-8-14)9-6-4-3-5-7-9;;/h3-8,10-11,13H,1-2H3;;/q;+1;-1. The minimum atomic E-state index is -0.574. The van der Waals surface area contributed by atoms with E-state index in [0.29, 0.717) is 6.47 Å². The van der Waals surface area contributed by atoms with Crippen molar-refractivity contribution in [2.75, 3.05) is 0 Å². The molecule has 4 nitrogen and oxygen atoms in total. The maximum absolute atomic E-state index is 10.4. The predicted octanol–water partition coefficient (Wildman–Crippen LogP) is -1.30. The molecule has 2 rings (SSSR count). The van der Waals surface area contributed by atoms with Crippen molar-refractivity contribution in [3.05, 3.63) is 35.9 Å². The second-order valence-corrected chi connectivity index (χ2v) is 4.26. The van der Waals surface area contributed by atoms with Gasteiger partial charge in [0, 0.05) is 0 Å². The molecule has 1 aromatic rings. The summed E-state index contributed by atoms with van der Waals surface area (Å²) in [6.07, 6.45) is -0.574. The van der Waals surface area contributed by atoms with Crippen LogP contribution in [0.4, 0.5) is 0 Å².